The Kier molecular flexibility index (Phi) is 2.45. The fraction of sp³-hybridized carbons (Fsp3) is 0.500. The average Bonchev–Trinajstić information content (AvgIpc) is 2.26. The van der Waals surface area contributed by atoms with E-state index in [1.807, 2.05) is 31.7 Å². The smallest absolute Gasteiger partial charge is 0.0501 e. The number of carboxylic acids is 1. The summed E-state index contributed by atoms with van der Waals surface area (Å²) in [6, 6.07) is 0. The van der Waals surface area contributed by atoms with E-state index in [0.29, 0.717) is 0 Å². The maximum atomic E-state index is 10.7. The third kappa shape index (κ3) is 1.59. The summed E-state index contributed by atoms with van der Waals surface area (Å²) in [6.45, 7) is 5.56. The molecule has 0 aliphatic rings. The molecule has 1 rings (SSSR count). The minimum atomic E-state index is -1.02. The Morgan fingerprint density at radius 2 is 2.08 bits per heavy atom. The molecule has 0 saturated heterocycles. The average molecular weight is 180 g/mol. The fourth-order valence-corrected chi connectivity index (χ4v) is 1.67. The highest BCUT2D eigenvalue weighted by Gasteiger charge is 2.14. The second kappa shape index (κ2) is 3.24. The lowest BCUT2D eigenvalue weighted by molar-refractivity contribution is -0.307. The van der Waals surface area contributed by atoms with Crippen molar-refractivity contribution in [3.05, 3.63) is 23.0 Å². The lowest BCUT2D eigenvalue weighted by atomic mass is 10.0. The van der Waals surface area contributed by atoms with Gasteiger partial charge < -0.3 is 14.5 Å². The number of carbonyl (C=O) groups excluding carboxylic acids is 1. The molecule has 0 spiro atoms. The van der Waals surface area contributed by atoms with Crippen molar-refractivity contribution in [3.63, 3.8) is 0 Å². The maximum Gasteiger partial charge on any atom is 0.0501 e. The van der Waals surface area contributed by atoms with Gasteiger partial charge in [0.25, 0.3) is 0 Å². The van der Waals surface area contributed by atoms with Crippen molar-refractivity contribution < 1.29 is 9.90 Å². The largest absolute Gasteiger partial charge is 0.549 e. The van der Waals surface area contributed by atoms with Gasteiger partial charge in [-0.15, -0.1) is 0 Å². The van der Waals surface area contributed by atoms with Crippen molar-refractivity contribution in [2.45, 2.75) is 26.7 Å². The number of aryl methyl sites for hydroxylation is 2. The number of carboxylic acid groups (broad SMARTS) is 1. The van der Waals surface area contributed by atoms with E-state index in [-0.39, 0.29) is 0 Å². The van der Waals surface area contributed by atoms with Crippen LogP contribution in [0.3, 0.4) is 0 Å². The summed E-state index contributed by atoms with van der Waals surface area (Å²) >= 11 is 0. The summed E-state index contributed by atoms with van der Waals surface area (Å²) in [4.78, 5) is 10.7. The second-order valence-corrected chi connectivity index (χ2v) is 3.47. The van der Waals surface area contributed by atoms with Crippen LogP contribution in [0.15, 0.2) is 6.20 Å². The van der Waals surface area contributed by atoms with Crippen LogP contribution in [0.5, 0.6) is 0 Å². The molecule has 1 atom stereocenters. The quantitative estimate of drug-likeness (QED) is 0.665. The predicted molar refractivity (Wildman–Crippen MR) is 48.3 cm³/mol. The fourth-order valence-electron chi connectivity index (χ4n) is 1.67. The molecule has 0 bridgehead atoms. The van der Waals surface area contributed by atoms with Crippen LogP contribution in [0, 0.1) is 13.8 Å². The van der Waals surface area contributed by atoms with Crippen molar-refractivity contribution in [1.29, 1.82) is 0 Å². The zero-order chi connectivity index (χ0) is 10.2. The van der Waals surface area contributed by atoms with Gasteiger partial charge in [0.05, 0.1) is 5.97 Å². The molecular weight excluding hydrogens is 166 g/mol. The Hall–Kier alpha value is -1.25. The Balaban J connectivity index is 3.20. The molecular formula is C10H14NO2-. The van der Waals surface area contributed by atoms with Crippen LogP contribution in [0.25, 0.3) is 0 Å². The first kappa shape index (κ1) is 9.84. The van der Waals surface area contributed by atoms with Crippen LogP contribution in [-0.2, 0) is 11.8 Å². The number of hydrogen-bond donors (Lipinski definition) is 0. The van der Waals surface area contributed by atoms with Gasteiger partial charge in [-0.3, -0.25) is 0 Å². The second-order valence-electron chi connectivity index (χ2n) is 3.47. The summed E-state index contributed by atoms with van der Waals surface area (Å²) in [7, 11) is 1.86. The van der Waals surface area contributed by atoms with Crippen molar-refractivity contribution in [2.75, 3.05) is 0 Å². The summed E-state index contributed by atoms with van der Waals surface area (Å²) in [6.07, 6.45) is 1.93. The van der Waals surface area contributed by atoms with Gasteiger partial charge in [0.1, 0.15) is 0 Å². The van der Waals surface area contributed by atoms with Crippen LogP contribution in [-0.4, -0.2) is 10.5 Å². The monoisotopic (exact) mass is 180 g/mol. The molecule has 0 saturated carbocycles. The molecule has 1 unspecified atom stereocenters. The topological polar surface area (TPSA) is 45.1 Å². The number of aromatic nitrogens is 1. The summed E-state index contributed by atoms with van der Waals surface area (Å²) < 4.78 is 1.85. The van der Waals surface area contributed by atoms with Gasteiger partial charge in [-0.2, -0.15) is 0 Å². The molecule has 13 heavy (non-hydrogen) atoms. The third-order valence-electron chi connectivity index (χ3n) is 2.51. The number of rotatable bonds is 2. The molecule has 0 fully saturated rings. The minimum Gasteiger partial charge on any atom is -0.549 e. The molecule has 0 aliphatic heterocycles. The summed E-state index contributed by atoms with van der Waals surface area (Å²) in [5.41, 5.74) is 2.99. The Labute approximate surface area is 78.0 Å². The standard InChI is InChI=1S/C10H15NO2/c1-6-5-11(4)9(7(6)2)8(3)10(12)13/h5,8H,1-4H3,(H,12,13)/p-1. The first-order chi connectivity index (χ1) is 5.95. The van der Waals surface area contributed by atoms with Crippen LogP contribution >= 0.6 is 0 Å². The van der Waals surface area contributed by atoms with Gasteiger partial charge in [0, 0.05) is 24.9 Å². The third-order valence-corrected chi connectivity index (χ3v) is 2.51. The predicted octanol–water partition coefficient (Wildman–Crippen LogP) is 0.495. The van der Waals surface area contributed by atoms with E-state index < -0.39 is 11.9 Å². The number of hydrogen-bond acceptors (Lipinski definition) is 2. The molecule has 0 aromatic carbocycles. The van der Waals surface area contributed by atoms with Gasteiger partial charge in [0.2, 0.25) is 0 Å². The number of nitrogens with zero attached hydrogens (tertiary/aromatic N) is 1. The van der Waals surface area contributed by atoms with Crippen LogP contribution in [0.1, 0.15) is 29.7 Å². The Morgan fingerprint density at radius 3 is 2.38 bits per heavy atom. The molecule has 3 heteroatoms. The SMILES string of the molecule is Cc1cn(C)c(C(C)C(=O)[O-])c1C. The van der Waals surface area contributed by atoms with E-state index in [1.165, 1.54) is 0 Å². The van der Waals surface area contributed by atoms with E-state index in [4.69, 9.17) is 0 Å². The van der Waals surface area contributed by atoms with Gasteiger partial charge >= 0.3 is 0 Å². The maximum absolute atomic E-state index is 10.7. The van der Waals surface area contributed by atoms with Crippen LogP contribution in [0.2, 0.25) is 0 Å². The molecule has 0 amide bonds. The zero-order valence-corrected chi connectivity index (χ0v) is 8.42. The minimum absolute atomic E-state index is 0.543. The molecule has 1 heterocycles. The van der Waals surface area contributed by atoms with Crippen molar-refractivity contribution in [2.24, 2.45) is 7.05 Å². The highest BCUT2D eigenvalue weighted by Crippen LogP contribution is 2.22. The molecule has 0 N–H and O–H groups in total. The van der Waals surface area contributed by atoms with Crippen LogP contribution in [0.4, 0.5) is 0 Å². The summed E-state index contributed by atoms with van der Waals surface area (Å²) in [5.74, 6) is -1.57. The highest BCUT2D eigenvalue weighted by atomic mass is 16.4. The Bertz CT molecular complexity index is 339. The normalized spacial score (nSPS) is 12.9. The lowest BCUT2D eigenvalue weighted by Gasteiger charge is -2.15. The van der Waals surface area contributed by atoms with Gasteiger partial charge in [-0.25, -0.2) is 0 Å². The Morgan fingerprint density at radius 1 is 1.54 bits per heavy atom. The highest BCUT2D eigenvalue weighted by molar-refractivity contribution is 5.73. The molecule has 0 aliphatic carbocycles. The van der Waals surface area contributed by atoms with Crippen LogP contribution < -0.4 is 5.11 Å². The first-order valence-electron chi connectivity index (χ1n) is 4.28. The van der Waals surface area contributed by atoms with E-state index in [0.717, 1.165) is 16.8 Å². The molecule has 0 radical (unpaired) electrons. The van der Waals surface area contributed by atoms with Crippen molar-refractivity contribution in [1.82, 2.24) is 4.57 Å². The molecule has 1 aromatic heterocycles. The van der Waals surface area contributed by atoms with Crippen molar-refractivity contribution in [3.8, 4) is 0 Å². The molecule has 3 nitrogen and oxygen atoms in total. The van der Waals surface area contributed by atoms with Crippen molar-refractivity contribution >= 4 is 5.97 Å². The number of aliphatic carboxylic acids is 1. The zero-order valence-electron chi connectivity index (χ0n) is 8.42. The van der Waals surface area contributed by atoms with Gasteiger partial charge in [0.15, 0.2) is 0 Å². The van der Waals surface area contributed by atoms with E-state index >= 15 is 0 Å². The first-order valence-corrected chi connectivity index (χ1v) is 4.28. The lowest BCUT2D eigenvalue weighted by Crippen LogP contribution is -2.29. The summed E-state index contributed by atoms with van der Waals surface area (Å²) in [5, 5.41) is 10.7. The van der Waals surface area contributed by atoms with E-state index in [2.05, 4.69) is 0 Å². The molecule has 72 valence electrons. The van der Waals surface area contributed by atoms with Gasteiger partial charge in [-0.05, 0) is 25.0 Å². The number of carbonyl (C=O) groups is 1. The molecule has 1 aromatic rings. The van der Waals surface area contributed by atoms with E-state index in [9.17, 15) is 9.90 Å². The van der Waals surface area contributed by atoms with Gasteiger partial charge in [-0.1, -0.05) is 6.92 Å². The van der Waals surface area contributed by atoms with E-state index in [1.54, 1.807) is 6.92 Å².